The predicted octanol–water partition coefficient (Wildman–Crippen LogP) is -0.621. The topological polar surface area (TPSA) is 122 Å². The summed E-state index contributed by atoms with van der Waals surface area (Å²) in [7, 11) is -3.62. The molecule has 0 saturated heterocycles. The van der Waals surface area contributed by atoms with E-state index in [0.717, 1.165) is 11.8 Å². The van der Waals surface area contributed by atoms with Gasteiger partial charge >= 0.3 is 18.1 Å². The third-order valence-electron chi connectivity index (χ3n) is 1.92. The molecule has 3 N–H and O–H groups in total. The minimum atomic E-state index is -4.78. The van der Waals surface area contributed by atoms with Gasteiger partial charge in [-0.25, -0.2) is 0 Å². The van der Waals surface area contributed by atoms with E-state index in [1.54, 1.807) is 0 Å². The smallest absolute Gasteiger partial charge is 0.402 e. The highest BCUT2D eigenvalue weighted by molar-refractivity contribution is 7.87. The first kappa shape index (κ1) is 18.6. The number of hydrogen-bond donors (Lipinski definition) is 3. The van der Waals surface area contributed by atoms with Gasteiger partial charge in [-0.1, -0.05) is 0 Å². The highest BCUT2D eigenvalue weighted by Gasteiger charge is 2.31. The summed E-state index contributed by atoms with van der Waals surface area (Å²) in [6.45, 7) is -1.84. The van der Waals surface area contributed by atoms with Crippen LogP contribution < -0.4 is 9.44 Å². The zero-order chi connectivity index (χ0) is 16.0. The molecule has 0 aromatic rings. The van der Waals surface area contributed by atoms with E-state index in [4.69, 9.17) is 5.11 Å². The van der Waals surface area contributed by atoms with Crippen molar-refractivity contribution in [3.05, 3.63) is 0 Å². The second-order valence-electron chi connectivity index (χ2n) is 3.56. The highest BCUT2D eigenvalue weighted by Crippen LogP contribution is 2.12. The maximum absolute atomic E-state index is 11.8. The van der Waals surface area contributed by atoms with Gasteiger partial charge in [0.2, 0.25) is 0 Å². The van der Waals surface area contributed by atoms with Crippen molar-refractivity contribution >= 4 is 22.1 Å². The molecule has 0 rings (SSSR count). The van der Waals surface area contributed by atoms with Crippen molar-refractivity contribution in [2.24, 2.45) is 0 Å². The number of esters is 1. The van der Waals surface area contributed by atoms with Gasteiger partial charge in [-0.05, 0) is 6.42 Å². The van der Waals surface area contributed by atoms with Crippen molar-refractivity contribution in [1.82, 2.24) is 9.44 Å². The number of alkyl halides is 3. The molecular weight excluding hydrogens is 309 g/mol. The van der Waals surface area contributed by atoms with E-state index < -0.39 is 53.8 Å². The van der Waals surface area contributed by atoms with Gasteiger partial charge in [-0.3, -0.25) is 9.59 Å². The van der Waals surface area contributed by atoms with Crippen molar-refractivity contribution in [3.8, 4) is 0 Å². The first-order chi connectivity index (χ1) is 8.97. The number of carboxylic acids is 1. The predicted molar refractivity (Wildman–Crippen MR) is 58.8 cm³/mol. The van der Waals surface area contributed by atoms with E-state index in [-0.39, 0.29) is 0 Å². The Kier molecular flexibility index (Phi) is 6.88. The Hall–Kier alpha value is -1.40. The molecule has 0 unspecified atom stereocenters. The average Bonchev–Trinajstić information content (AvgIpc) is 2.30. The first-order valence-corrected chi connectivity index (χ1v) is 6.58. The van der Waals surface area contributed by atoms with Crippen molar-refractivity contribution in [2.45, 2.75) is 25.1 Å². The molecule has 8 nitrogen and oxygen atoms in total. The lowest BCUT2D eigenvalue weighted by molar-refractivity contribution is -0.142. The Labute approximate surface area is 112 Å². The van der Waals surface area contributed by atoms with E-state index >= 15 is 0 Å². The zero-order valence-electron chi connectivity index (χ0n) is 10.2. The molecule has 118 valence electrons. The molecule has 0 fully saturated rings. The van der Waals surface area contributed by atoms with Crippen molar-refractivity contribution in [3.63, 3.8) is 0 Å². The summed E-state index contributed by atoms with van der Waals surface area (Å²) in [4.78, 5) is 21.6. The van der Waals surface area contributed by atoms with E-state index in [2.05, 4.69) is 4.74 Å². The van der Waals surface area contributed by atoms with Crippen LogP contribution in [0.5, 0.6) is 0 Å². The Bertz CT molecular complexity index is 450. The fourth-order valence-electron chi connectivity index (χ4n) is 1.00. The van der Waals surface area contributed by atoms with Crippen molar-refractivity contribution in [2.75, 3.05) is 13.7 Å². The van der Waals surface area contributed by atoms with E-state index in [1.165, 1.54) is 4.72 Å². The Morgan fingerprint density at radius 3 is 2.30 bits per heavy atom. The number of carbonyl (C=O) groups excluding carboxylic acids is 1. The lowest BCUT2D eigenvalue weighted by Crippen LogP contribution is -2.48. The maximum Gasteiger partial charge on any atom is 0.402 e. The summed E-state index contributed by atoms with van der Waals surface area (Å²) in [6, 6.07) is -1.75. The summed E-state index contributed by atoms with van der Waals surface area (Å²) in [5, 5.41) is 8.72. The summed E-state index contributed by atoms with van der Waals surface area (Å²) >= 11 is 0. The summed E-state index contributed by atoms with van der Waals surface area (Å²) in [5.41, 5.74) is 0. The number of hydrogen-bond acceptors (Lipinski definition) is 5. The molecule has 0 spiro atoms. The Balaban J connectivity index is 4.57. The minimum absolute atomic E-state index is 0.407. The van der Waals surface area contributed by atoms with Gasteiger partial charge in [0.15, 0.2) is 0 Å². The third-order valence-corrected chi connectivity index (χ3v) is 3.04. The van der Waals surface area contributed by atoms with E-state index in [1.807, 2.05) is 0 Å². The van der Waals surface area contributed by atoms with Crippen LogP contribution in [-0.2, 0) is 24.5 Å². The monoisotopic (exact) mass is 322 g/mol. The van der Waals surface area contributed by atoms with Gasteiger partial charge in [0.25, 0.3) is 10.2 Å². The number of aliphatic carboxylic acids is 1. The van der Waals surface area contributed by atoms with Crippen LogP contribution in [0.3, 0.4) is 0 Å². The molecule has 1 atom stereocenters. The van der Waals surface area contributed by atoms with E-state index in [0.29, 0.717) is 0 Å². The molecule has 0 aliphatic heterocycles. The molecule has 0 aliphatic carbocycles. The molecule has 0 heterocycles. The Morgan fingerprint density at radius 2 is 1.90 bits per heavy atom. The molecular formula is C8H13F3N2O6S. The van der Waals surface area contributed by atoms with E-state index in [9.17, 15) is 31.2 Å². The molecule has 0 saturated carbocycles. The van der Waals surface area contributed by atoms with Gasteiger partial charge in [0, 0.05) is 6.42 Å². The van der Waals surface area contributed by atoms with Crippen LogP contribution in [0.1, 0.15) is 12.8 Å². The molecule has 0 aromatic carbocycles. The zero-order valence-corrected chi connectivity index (χ0v) is 11.0. The summed E-state index contributed by atoms with van der Waals surface area (Å²) in [5.74, 6) is -2.41. The number of methoxy groups -OCH3 is 1. The normalized spacial score (nSPS) is 13.8. The van der Waals surface area contributed by atoms with Crippen LogP contribution in [0.25, 0.3) is 0 Å². The SMILES string of the molecule is COC(=O)CC[C@@H](NS(=O)(=O)NCC(F)(F)F)C(=O)O. The quantitative estimate of drug-likeness (QED) is 0.512. The van der Waals surface area contributed by atoms with Crippen molar-refractivity contribution < 1.29 is 41.0 Å². The number of halogens is 3. The molecule has 0 amide bonds. The van der Waals surface area contributed by atoms with Gasteiger partial charge in [-0.2, -0.15) is 31.0 Å². The highest BCUT2D eigenvalue weighted by atomic mass is 32.2. The van der Waals surface area contributed by atoms with Gasteiger partial charge in [-0.15, -0.1) is 0 Å². The number of carbonyl (C=O) groups is 2. The Morgan fingerprint density at radius 1 is 1.35 bits per heavy atom. The third kappa shape index (κ3) is 8.66. The molecule has 0 aliphatic rings. The largest absolute Gasteiger partial charge is 0.480 e. The second-order valence-corrected chi connectivity index (χ2v) is 5.09. The molecule has 0 radical (unpaired) electrons. The van der Waals surface area contributed by atoms with Crippen LogP contribution >= 0.6 is 0 Å². The number of rotatable bonds is 8. The number of carboxylic acid groups (broad SMARTS) is 1. The molecule has 12 heteroatoms. The van der Waals surface area contributed by atoms with Crippen LogP contribution in [-0.4, -0.2) is 51.3 Å². The lowest BCUT2D eigenvalue weighted by Gasteiger charge is -2.15. The van der Waals surface area contributed by atoms with Gasteiger partial charge < -0.3 is 9.84 Å². The molecule has 0 bridgehead atoms. The lowest BCUT2D eigenvalue weighted by atomic mass is 10.2. The summed E-state index contributed by atoms with van der Waals surface area (Å²) < 4.78 is 64.8. The van der Waals surface area contributed by atoms with Crippen LogP contribution in [0.2, 0.25) is 0 Å². The fraction of sp³-hybridized carbons (Fsp3) is 0.750. The van der Waals surface area contributed by atoms with Crippen LogP contribution in [0.15, 0.2) is 0 Å². The van der Waals surface area contributed by atoms with Gasteiger partial charge in [0.1, 0.15) is 12.6 Å². The standard InChI is InChI=1S/C8H13F3N2O6S/c1-19-6(14)3-2-5(7(15)16)13-20(17,18)12-4-8(9,10)11/h5,12-13H,2-4H2,1H3,(H,15,16)/t5-/m1/s1. The average molecular weight is 322 g/mol. The summed E-state index contributed by atoms with van der Waals surface area (Å²) in [6.07, 6.45) is -5.65. The minimum Gasteiger partial charge on any atom is -0.480 e. The number of ether oxygens (including phenoxy) is 1. The van der Waals surface area contributed by atoms with Crippen LogP contribution in [0.4, 0.5) is 13.2 Å². The van der Waals surface area contributed by atoms with Crippen LogP contribution in [0, 0.1) is 0 Å². The molecule has 0 aromatic heterocycles. The second kappa shape index (κ2) is 7.40. The molecule has 20 heavy (non-hydrogen) atoms. The first-order valence-electron chi connectivity index (χ1n) is 5.10. The number of nitrogens with one attached hydrogen (secondary N) is 2. The fourth-order valence-corrected chi connectivity index (χ4v) is 2.03. The van der Waals surface area contributed by atoms with Crippen molar-refractivity contribution in [1.29, 1.82) is 0 Å². The maximum atomic E-state index is 11.8. The van der Waals surface area contributed by atoms with Gasteiger partial charge in [0.05, 0.1) is 7.11 Å².